The maximum Gasteiger partial charge on any atom is 0.156 e. The Bertz CT molecular complexity index is 727. The van der Waals surface area contributed by atoms with Crippen molar-refractivity contribution in [2.24, 2.45) is 46.3 Å². The SMILES string of the molecule is C=C1C[C@H]2[C@@H]3[C@H]4C[C@H]4[C@H](C#N)[C@@]3(C)CC[C@@H]2[C@@]2(C)CCC(=O)C=C12. The summed E-state index contributed by atoms with van der Waals surface area (Å²) in [5.74, 6) is 4.10. The monoisotopic (exact) mass is 321 g/mol. The van der Waals surface area contributed by atoms with E-state index in [1.54, 1.807) is 0 Å². The zero-order valence-electron chi connectivity index (χ0n) is 14.8. The van der Waals surface area contributed by atoms with Crippen molar-refractivity contribution in [1.82, 2.24) is 0 Å². The van der Waals surface area contributed by atoms with E-state index in [1.165, 1.54) is 30.4 Å². The fourth-order valence-corrected chi connectivity index (χ4v) is 7.78. The normalized spacial score (nSPS) is 54.8. The van der Waals surface area contributed by atoms with Gasteiger partial charge in [0.1, 0.15) is 0 Å². The van der Waals surface area contributed by atoms with Crippen molar-refractivity contribution >= 4 is 5.78 Å². The van der Waals surface area contributed by atoms with Gasteiger partial charge in [0.2, 0.25) is 0 Å². The van der Waals surface area contributed by atoms with Crippen LogP contribution in [0.4, 0.5) is 0 Å². The van der Waals surface area contributed by atoms with Gasteiger partial charge in [-0.2, -0.15) is 5.26 Å². The number of hydrogen-bond donors (Lipinski definition) is 0. The predicted molar refractivity (Wildman–Crippen MR) is 92.7 cm³/mol. The highest BCUT2D eigenvalue weighted by molar-refractivity contribution is 5.92. The van der Waals surface area contributed by atoms with Gasteiger partial charge in [0.05, 0.1) is 12.0 Å². The second-order valence-corrected chi connectivity index (χ2v) is 9.76. The van der Waals surface area contributed by atoms with Crippen molar-refractivity contribution in [3.63, 3.8) is 0 Å². The van der Waals surface area contributed by atoms with Crippen molar-refractivity contribution in [1.29, 1.82) is 5.26 Å². The first-order valence-corrected chi connectivity index (χ1v) is 9.73. The van der Waals surface area contributed by atoms with Crippen LogP contribution in [-0.2, 0) is 4.79 Å². The molecule has 0 saturated heterocycles. The Kier molecular flexibility index (Phi) is 2.75. The van der Waals surface area contributed by atoms with Crippen LogP contribution in [0.5, 0.6) is 0 Å². The van der Waals surface area contributed by atoms with Crippen molar-refractivity contribution in [3.8, 4) is 6.07 Å². The minimum atomic E-state index is 0.143. The van der Waals surface area contributed by atoms with Crippen LogP contribution in [0.3, 0.4) is 0 Å². The lowest BCUT2D eigenvalue weighted by Gasteiger charge is -2.58. The van der Waals surface area contributed by atoms with Crippen molar-refractivity contribution in [3.05, 3.63) is 23.8 Å². The van der Waals surface area contributed by atoms with Gasteiger partial charge in [0, 0.05) is 6.42 Å². The Labute approximate surface area is 145 Å². The highest BCUT2D eigenvalue weighted by Crippen LogP contribution is 2.75. The quantitative estimate of drug-likeness (QED) is 0.650. The van der Waals surface area contributed by atoms with Gasteiger partial charge >= 0.3 is 0 Å². The third-order valence-electron chi connectivity index (χ3n) is 8.86. The van der Waals surface area contributed by atoms with Crippen LogP contribution in [0, 0.1) is 57.7 Å². The maximum absolute atomic E-state index is 12.0. The first-order chi connectivity index (χ1) is 11.4. The summed E-state index contributed by atoms with van der Waals surface area (Å²) in [6.45, 7) is 9.21. The molecule has 0 aliphatic heterocycles. The number of carbonyl (C=O) groups excluding carboxylic acids is 1. The third-order valence-corrected chi connectivity index (χ3v) is 8.86. The van der Waals surface area contributed by atoms with Crippen LogP contribution in [0.1, 0.15) is 52.4 Å². The van der Waals surface area contributed by atoms with Gasteiger partial charge < -0.3 is 0 Å². The third kappa shape index (κ3) is 1.60. The summed E-state index contributed by atoms with van der Waals surface area (Å²) in [5.41, 5.74) is 2.86. The molecule has 126 valence electrons. The molecular weight excluding hydrogens is 294 g/mol. The van der Waals surface area contributed by atoms with Gasteiger partial charge in [-0.05, 0) is 84.2 Å². The number of nitriles is 1. The average molecular weight is 321 g/mol. The number of hydrogen-bond acceptors (Lipinski definition) is 2. The van der Waals surface area contributed by atoms with Crippen LogP contribution in [0.15, 0.2) is 23.8 Å². The van der Waals surface area contributed by atoms with Gasteiger partial charge in [0.25, 0.3) is 0 Å². The molecular formula is C22H27NO. The largest absolute Gasteiger partial charge is 0.295 e. The number of allylic oxidation sites excluding steroid dienone is 2. The minimum absolute atomic E-state index is 0.143. The van der Waals surface area contributed by atoms with E-state index in [0.717, 1.165) is 18.8 Å². The number of ketones is 1. The molecule has 2 heteroatoms. The fourth-order valence-electron chi connectivity index (χ4n) is 7.78. The average Bonchev–Trinajstić information content (AvgIpc) is 3.24. The lowest BCUT2D eigenvalue weighted by molar-refractivity contribution is -0.117. The van der Waals surface area contributed by atoms with Crippen LogP contribution in [0.25, 0.3) is 0 Å². The molecule has 4 fully saturated rings. The number of rotatable bonds is 0. The molecule has 0 bridgehead atoms. The van der Waals surface area contributed by atoms with Crippen molar-refractivity contribution in [2.75, 3.05) is 0 Å². The second kappa shape index (κ2) is 4.43. The molecule has 0 aromatic rings. The van der Waals surface area contributed by atoms with Gasteiger partial charge in [-0.25, -0.2) is 0 Å². The maximum atomic E-state index is 12.0. The Morgan fingerprint density at radius 3 is 2.79 bits per heavy atom. The lowest BCUT2D eigenvalue weighted by Crippen LogP contribution is -2.52. The fraction of sp³-hybridized carbons (Fsp3) is 0.727. The van der Waals surface area contributed by atoms with E-state index >= 15 is 0 Å². The molecule has 0 radical (unpaired) electrons. The second-order valence-electron chi connectivity index (χ2n) is 9.76. The summed E-state index contributed by atoms with van der Waals surface area (Å²) in [6.07, 6.45) is 8.38. The molecule has 2 nitrogen and oxygen atoms in total. The molecule has 0 amide bonds. The molecule has 0 heterocycles. The molecule has 5 aliphatic rings. The van der Waals surface area contributed by atoms with Crippen LogP contribution in [0.2, 0.25) is 0 Å². The zero-order chi connectivity index (χ0) is 16.9. The van der Waals surface area contributed by atoms with Gasteiger partial charge in [-0.1, -0.05) is 26.0 Å². The van der Waals surface area contributed by atoms with Crippen molar-refractivity contribution in [2.45, 2.75) is 52.4 Å². The van der Waals surface area contributed by atoms with E-state index in [2.05, 4.69) is 26.5 Å². The van der Waals surface area contributed by atoms with E-state index < -0.39 is 0 Å². The number of carbonyl (C=O) groups is 1. The lowest BCUT2D eigenvalue weighted by atomic mass is 9.45. The van der Waals surface area contributed by atoms with E-state index in [1.807, 2.05) is 6.08 Å². The summed E-state index contributed by atoms with van der Waals surface area (Å²) in [5, 5.41) is 9.77. The van der Waals surface area contributed by atoms with Crippen LogP contribution in [-0.4, -0.2) is 5.78 Å². The molecule has 4 saturated carbocycles. The molecule has 0 N–H and O–H groups in total. The summed E-state index contributed by atoms with van der Waals surface area (Å²) in [6, 6.07) is 2.69. The highest BCUT2D eigenvalue weighted by atomic mass is 16.1. The number of fused-ring (bicyclic) bond motifs is 7. The molecule has 0 aromatic heterocycles. The van der Waals surface area contributed by atoms with Gasteiger partial charge in [0.15, 0.2) is 5.78 Å². The Balaban J connectivity index is 1.58. The van der Waals surface area contributed by atoms with E-state index in [0.29, 0.717) is 30.1 Å². The first kappa shape index (κ1) is 14.9. The Morgan fingerprint density at radius 1 is 1.25 bits per heavy atom. The van der Waals surface area contributed by atoms with Gasteiger partial charge in [-0.15, -0.1) is 0 Å². The molecule has 5 rings (SSSR count). The van der Waals surface area contributed by atoms with E-state index in [-0.39, 0.29) is 22.5 Å². The molecule has 5 aliphatic carbocycles. The highest BCUT2D eigenvalue weighted by Gasteiger charge is 2.70. The Morgan fingerprint density at radius 2 is 2.04 bits per heavy atom. The van der Waals surface area contributed by atoms with Crippen molar-refractivity contribution < 1.29 is 4.79 Å². The summed E-state index contributed by atoms with van der Waals surface area (Å²) in [4.78, 5) is 12.0. The molecule has 24 heavy (non-hydrogen) atoms. The predicted octanol–water partition coefficient (Wildman–Crippen LogP) is 4.68. The van der Waals surface area contributed by atoms with Crippen LogP contribution >= 0.6 is 0 Å². The first-order valence-electron chi connectivity index (χ1n) is 9.73. The molecule has 0 spiro atoms. The summed E-state index contributed by atoms with van der Waals surface area (Å²) >= 11 is 0. The topological polar surface area (TPSA) is 40.9 Å². The van der Waals surface area contributed by atoms with Gasteiger partial charge in [-0.3, -0.25) is 4.79 Å². The van der Waals surface area contributed by atoms with E-state index in [4.69, 9.17) is 0 Å². The Hall–Kier alpha value is -1.36. The standard InChI is InChI=1S/C22H27NO/c1-12-8-16-17(21(2)6-4-13(24)9-18(12)21)5-7-22(3)19(11-23)14-10-15(14)20(16)22/h9,14-17,19-20H,1,4-8,10H2,2-3H3/t14-,15+,16-,17+,19+,20+,21-,22-/m1/s1. The molecule has 8 atom stereocenters. The summed E-state index contributed by atoms with van der Waals surface area (Å²) < 4.78 is 0. The molecule has 0 unspecified atom stereocenters. The molecule has 0 aromatic carbocycles. The smallest absolute Gasteiger partial charge is 0.156 e. The zero-order valence-corrected chi connectivity index (χ0v) is 14.8. The number of nitrogens with zero attached hydrogens (tertiary/aromatic N) is 1. The van der Waals surface area contributed by atoms with Crippen LogP contribution < -0.4 is 0 Å². The van der Waals surface area contributed by atoms with E-state index in [9.17, 15) is 10.1 Å². The minimum Gasteiger partial charge on any atom is -0.295 e. The summed E-state index contributed by atoms with van der Waals surface area (Å²) in [7, 11) is 0.